The average Bonchev–Trinajstić information content (AvgIpc) is 3.75. The molecule has 0 aliphatic heterocycles. The van der Waals surface area contributed by atoms with Gasteiger partial charge in [-0.3, -0.25) is 0 Å². The molecular weight excluding hydrogens is 550 g/mol. The average molecular weight is 582 g/mol. The third-order valence-corrected chi connectivity index (χ3v) is 12.2. The summed E-state index contributed by atoms with van der Waals surface area (Å²) in [6.45, 7) is 0. The fraction of sp³-hybridized carbons (Fsp3) is 0.0556. The molecule has 0 aliphatic carbocycles. The minimum absolute atomic E-state index is 0. The quantitative estimate of drug-likeness (QED) is 0.0967. The summed E-state index contributed by atoms with van der Waals surface area (Å²) in [5.74, 6) is 0. The van der Waals surface area contributed by atoms with Crippen LogP contribution in [0.4, 0.5) is 0 Å². The molecule has 0 spiro atoms. The third-order valence-electron chi connectivity index (χ3n) is 6.50. The summed E-state index contributed by atoms with van der Waals surface area (Å²) >= 11 is 0. The minimum Gasteiger partial charge on any atom is -0.214 e. The number of hydrogen-bond acceptors (Lipinski definition) is 0. The van der Waals surface area contributed by atoms with Crippen molar-refractivity contribution >= 4 is 37.1 Å². The van der Waals surface area contributed by atoms with Crippen LogP contribution in [0.2, 0.25) is 0 Å². The molecule has 1 atom stereocenters. The van der Waals surface area contributed by atoms with Gasteiger partial charge in [0, 0.05) is 0 Å². The maximum absolute atomic E-state index is 2.33. The third kappa shape index (κ3) is 7.99. The Labute approximate surface area is 246 Å². The first-order chi connectivity index (χ1) is 18.9. The normalized spacial score (nSPS) is 11.3. The summed E-state index contributed by atoms with van der Waals surface area (Å²) in [7, 11) is -1.05. The van der Waals surface area contributed by atoms with Crippen molar-refractivity contribution in [2.45, 2.75) is 5.66 Å². The van der Waals surface area contributed by atoms with Crippen LogP contribution in [0.5, 0.6) is 0 Å². The molecule has 3 heteroatoms. The zero-order valence-corrected chi connectivity index (χ0v) is 24.7. The van der Waals surface area contributed by atoms with E-state index in [9.17, 15) is 0 Å². The second-order valence-corrected chi connectivity index (χ2v) is 13.7. The van der Waals surface area contributed by atoms with E-state index in [1.54, 1.807) is 0 Å². The maximum atomic E-state index is 2.33. The van der Waals surface area contributed by atoms with E-state index in [1.165, 1.54) is 26.8 Å². The molecule has 6 rings (SSSR count). The Hall–Kier alpha value is -3.04. The minimum atomic E-state index is -0.562. The van der Waals surface area contributed by atoms with Gasteiger partial charge in [-0.05, 0) is 48.9 Å². The van der Waals surface area contributed by atoms with E-state index in [4.69, 9.17) is 0 Å². The molecule has 0 amide bonds. The molecule has 0 saturated heterocycles. The van der Waals surface area contributed by atoms with Gasteiger partial charge in [0.25, 0.3) is 0 Å². The van der Waals surface area contributed by atoms with Gasteiger partial charge in [-0.25, -0.2) is 24.3 Å². The summed E-state index contributed by atoms with van der Waals surface area (Å²) in [6.07, 6.45) is 1.13. The van der Waals surface area contributed by atoms with Gasteiger partial charge < -0.3 is 0 Å². The van der Waals surface area contributed by atoms with Crippen LogP contribution in [-0.2, 0) is 17.1 Å². The first-order valence-corrected chi connectivity index (χ1v) is 16.0. The van der Waals surface area contributed by atoms with E-state index < -0.39 is 15.8 Å². The van der Waals surface area contributed by atoms with Crippen LogP contribution in [0.15, 0.2) is 176 Å². The van der Waals surface area contributed by atoms with Crippen LogP contribution in [0.25, 0.3) is 0 Å². The number of benzene rings is 4. The first-order valence-electron chi connectivity index (χ1n) is 13.1. The van der Waals surface area contributed by atoms with Gasteiger partial charge >= 0.3 is 17.1 Å². The molecule has 0 nitrogen and oxygen atoms in total. The van der Waals surface area contributed by atoms with Crippen molar-refractivity contribution in [2.24, 2.45) is 0 Å². The predicted molar refractivity (Wildman–Crippen MR) is 170 cm³/mol. The molecule has 0 aliphatic rings. The Morgan fingerprint density at radius 3 is 1.23 bits per heavy atom. The summed E-state index contributed by atoms with van der Waals surface area (Å²) in [5.41, 5.74) is 1.89. The van der Waals surface area contributed by atoms with Crippen LogP contribution in [0.3, 0.4) is 0 Å². The maximum Gasteiger partial charge on any atom is 2.00 e. The summed E-state index contributed by atoms with van der Waals surface area (Å²) in [6, 6.07) is 63.6. The Morgan fingerprint density at radius 1 is 0.487 bits per heavy atom. The van der Waals surface area contributed by atoms with Crippen molar-refractivity contribution < 1.29 is 17.1 Å². The molecule has 39 heavy (non-hydrogen) atoms. The van der Waals surface area contributed by atoms with Crippen molar-refractivity contribution in [1.29, 1.82) is 0 Å². The van der Waals surface area contributed by atoms with Crippen molar-refractivity contribution in [1.82, 2.24) is 0 Å². The predicted octanol–water partition coefficient (Wildman–Crippen LogP) is 8.12. The topological polar surface area (TPSA) is 0 Å². The van der Waals surface area contributed by atoms with Gasteiger partial charge in [-0.2, -0.15) is 30.3 Å². The van der Waals surface area contributed by atoms with E-state index in [1.807, 2.05) is 30.3 Å². The monoisotopic (exact) mass is 582 g/mol. The Kier molecular flexibility index (Phi) is 11.5. The van der Waals surface area contributed by atoms with E-state index in [0.29, 0.717) is 5.66 Å². The van der Waals surface area contributed by atoms with E-state index in [-0.39, 0.29) is 17.1 Å². The fourth-order valence-corrected chi connectivity index (χ4v) is 10.7. The van der Waals surface area contributed by atoms with E-state index >= 15 is 0 Å². The summed E-state index contributed by atoms with van der Waals surface area (Å²) in [5, 5.41) is 5.79. The van der Waals surface area contributed by atoms with Gasteiger partial charge in [-0.1, -0.05) is 121 Å². The molecule has 6 aromatic rings. The summed E-state index contributed by atoms with van der Waals surface area (Å²) in [4.78, 5) is 0. The molecule has 0 bridgehead atoms. The van der Waals surface area contributed by atoms with E-state index in [2.05, 4.69) is 146 Å². The van der Waals surface area contributed by atoms with Crippen LogP contribution < -0.4 is 21.2 Å². The molecule has 1 unspecified atom stereocenters. The summed E-state index contributed by atoms with van der Waals surface area (Å²) < 4.78 is 0. The molecular formula is C36H32FeP2. The van der Waals surface area contributed by atoms with Crippen LogP contribution >= 0.6 is 15.8 Å². The molecule has 6 aromatic carbocycles. The molecule has 0 saturated carbocycles. The Bertz CT molecular complexity index is 1320. The molecule has 194 valence electrons. The smallest absolute Gasteiger partial charge is 0.214 e. The van der Waals surface area contributed by atoms with Crippen LogP contribution in [0.1, 0.15) is 11.2 Å². The standard InChI is InChI=1S/C31H27P2.C5H5.Fe/c1-5-17-27(18-6-1)32(28-19-7-2-8-20-28)25-31(26-15-13-14-16-26)33(29-21-9-3-10-22-29)30-23-11-4-12-24-30;1-2-4-5-3-1;/h1-24,31H,25H2;1-5H;/q2*-1;+2. The Balaban J connectivity index is 0.000000530. The second kappa shape index (κ2) is 15.5. The molecule has 0 heterocycles. The van der Waals surface area contributed by atoms with Crippen molar-refractivity contribution in [3.63, 3.8) is 0 Å². The SMILES string of the molecule is [Fe+2].c1cc[cH-]c1.c1ccc(P(CC([c-]2cccc2)P(c2ccccc2)c2ccccc2)c2ccccc2)cc1. The van der Waals surface area contributed by atoms with E-state index in [0.717, 1.165) is 6.16 Å². The molecule has 0 fully saturated rings. The van der Waals surface area contributed by atoms with Crippen molar-refractivity contribution in [3.05, 3.63) is 181 Å². The first kappa shape index (κ1) is 29.0. The number of rotatable bonds is 8. The van der Waals surface area contributed by atoms with Crippen LogP contribution in [-0.4, -0.2) is 6.16 Å². The van der Waals surface area contributed by atoms with Crippen LogP contribution in [0, 0.1) is 0 Å². The largest absolute Gasteiger partial charge is 2.00 e. The second-order valence-electron chi connectivity index (χ2n) is 9.02. The van der Waals surface area contributed by atoms with Gasteiger partial charge in [0.05, 0.1) is 0 Å². The molecule has 0 N–H and O–H groups in total. The zero-order chi connectivity index (χ0) is 25.8. The van der Waals surface area contributed by atoms with Crippen molar-refractivity contribution in [2.75, 3.05) is 6.16 Å². The van der Waals surface area contributed by atoms with Gasteiger partial charge in [0.1, 0.15) is 0 Å². The zero-order valence-electron chi connectivity index (χ0n) is 21.8. The van der Waals surface area contributed by atoms with Gasteiger partial charge in [0.15, 0.2) is 0 Å². The van der Waals surface area contributed by atoms with Crippen molar-refractivity contribution in [3.8, 4) is 0 Å². The van der Waals surface area contributed by atoms with Gasteiger partial charge in [-0.15, -0.1) is 5.56 Å². The fourth-order valence-electron chi connectivity index (χ4n) is 4.70. The van der Waals surface area contributed by atoms with Gasteiger partial charge in [0.2, 0.25) is 0 Å². The Morgan fingerprint density at radius 2 is 0.872 bits per heavy atom. The molecule has 0 aromatic heterocycles. The molecule has 0 radical (unpaired) electrons. The number of hydrogen-bond donors (Lipinski definition) is 0.